The van der Waals surface area contributed by atoms with E-state index in [1.807, 2.05) is 6.20 Å². The van der Waals surface area contributed by atoms with Crippen LogP contribution in [0.4, 0.5) is 0 Å². The number of imidazole rings is 1. The standard InChI is InChI=1S/C21H23N5/c1-2-16(3-1)25-12-15-4-6-17(13-25)26-20-7-5-14(10-18(20)24-21(15)26)19-11-22-8-9-23-19/h5,7-11,15-17H,1-4,6,12-13H2. The van der Waals surface area contributed by atoms with E-state index in [9.17, 15) is 0 Å². The average Bonchev–Trinajstić information content (AvgIpc) is 2.82. The second-order valence-corrected chi connectivity index (χ2v) is 8.10. The molecule has 2 unspecified atom stereocenters. The van der Waals surface area contributed by atoms with Gasteiger partial charge >= 0.3 is 0 Å². The fraction of sp³-hybridized carbons (Fsp3) is 0.476. The lowest BCUT2D eigenvalue weighted by molar-refractivity contribution is 0.121. The van der Waals surface area contributed by atoms with Crippen molar-refractivity contribution >= 4 is 11.0 Å². The van der Waals surface area contributed by atoms with E-state index in [2.05, 4.69) is 37.6 Å². The molecule has 132 valence electrons. The zero-order valence-corrected chi connectivity index (χ0v) is 14.9. The van der Waals surface area contributed by atoms with Gasteiger partial charge in [0.2, 0.25) is 0 Å². The molecule has 26 heavy (non-hydrogen) atoms. The first kappa shape index (κ1) is 14.9. The van der Waals surface area contributed by atoms with Crippen LogP contribution in [0.2, 0.25) is 0 Å². The molecule has 0 radical (unpaired) electrons. The van der Waals surface area contributed by atoms with Crippen LogP contribution in [0.25, 0.3) is 22.3 Å². The van der Waals surface area contributed by atoms with E-state index in [1.165, 1.54) is 56.5 Å². The number of hydrogen-bond acceptors (Lipinski definition) is 4. The molecule has 0 amide bonds. The Bertz CT molecular complexity index is 959. The van der Waals surface area contributed by atoms with Gasteiger partial charge in [0.05, 0.1) is 22.9 Å². The monoisotopic (exact) mass is 345 g/mol. The predicted octanol–water partition coefficient (Wildman–Crippen LogP) is 3.78. The Morgan fingerprint density at radius 1 is 0.962 bits per heavy atom. The summed E-state index contributed by atoms with van der Waals surface area (Å²) in [5.74, 6) is 1.90. The Hall–Kier alpha value is -2.27. The number of nitrogens with zero attached hydrogens (tertiary/aromatic N) is 5. The number of hydrogen-bond donors (Lipinski definition) is 0. The van der Waals surface area contributed by atoms with Crippen molar-refractivity contribution in [3.05, 3.63) is 42.6 Å². The normalized spacial score (nSPS) is 25.8. The van der Waals surface area contributed by atoms with Crippen molar-refractivity contribution in [3.63, 3.8) is 0 Å². The summed E-state index contributed by atoms with van der Waals surface area (Å²) in [7, 11) is 0. The third-order valence-corrected chi connectivity index (χ3v) is 6.65. The summed E-state index contributed by atoms with van der Waals surface area (Å²) in [6, 6.07) is 8.01. The highest BCUT2D eigenvalue weighted by Gasteiger charge is 2.39. The Morgan fingerprint density at radius 3 is 2.73 bits per heavy atom. The van der Waals surface area contributed by atoms with Gasteiger partial charge < -0.3 is 4.57 Å². The molecular weight excluding hydrogens is 322 g/mol. The molecule has 7 rings (SSSR count). The SMILES string of the molecule is c1cnc(-c2ccc3c(c2)nc2n3C3CCC2CN(C2CCC2)C3)cn1. The molecule has 2 bridgehead atoms. The van der Waals surface area contributed by atoms with Crippen LogP contribution in [-0.4, -0.2) is 43.6 Å². The maximum absolute atomic E-state index is 5.11. The first-order valence-electron chi connectivity index (χ1n) is 9.89. The van der Waals surface area contributed by atoms with Gasteiger partial charge in [0.1, 0.15) is 5.82 Å². The van der Waals surface area contributed by atoms with Crippen LogP contribution in [0.15, 0.2) is 36.8 Å². The van der Waals surface area contributed by atoms with Gasteiger partial charge in [-0.1, -0.05) is 12.5 Å². The molecule has 3 aromatic rings. The van der Waals surface area contributed by atoms with Crippen molar-refractivity contribution in [2.24, 2.45) is 0 Å². The van der Waals surface area contributed by atoms with Crippen molar-refractivity contribution in [2.45, 2.75) is 50.1 Å². The maximum atomic E-state index is 5.11. The summed E-state index contributed by atoms with van der Waals surface area (Å²) in [5.41, 5.74) is 4.41. The molecule has 1 aliphatic carbocycles. The molecule has 5 nitrogen and oxygen atoms in total. The largest absolute Gasteiger partial charge is 0.323 e. The molecule has 1 saturated carbocycles. The van der Waals surface area contributed by atoms with Gasteiger partial charge in [-0.25, -0.2) is 4.98 Å². The number of fused-ring (bicyclic) bond motifs is 4. The zero-order chi connectivity index (χ0) is 17.1. The van der Waals surface area contributed by atoms with Gasteiger partial charge in [-0.2, -0.15) is 0 Å². The third kappa shape index (κ3) is 2.16. The molecular formula is C21H23N5. The molecule has 1 aromatic carbocycles. The fourth-order valence-corrected chi connectivity index (χ4v) is 5.07. The van der Waals surface area contributed by atoms with Crippen LogP contribution in [0.5, 0.6) is 0 Å². The molecule has 0 spiro atoms. The maximum Gasteiger partial charge on any atom is 0.114 e. The Kier molecular flexibility index (Phi) is 3.21. The van der Waals surface area contributed by atoms with E-state index in [1.54, 1.807) is 12.4 Å². The van der Waals surface area contributed by atoms with Gasteiger partial charge in [-0.05, 0) is 37.8 Å². The van der Waals surface area contributed by atoms with Gasteiger partial charge in [0, 0.05) is 49.0 Å². The van der Waals surface area contributed by atoms with Crippen LogP contribution < -0.4 is 0 Å². The predicted molar refractivity (Wildman–Crippen MR) is 101 cm³/mol. The molecule has 4 aliphatic rings. The summed E-state index contributed by atoms with van der Waals surface area (Å²) in [5, 5.41) is 0. The second-order valence-electron chi connectivity index (χ2n) is 8.10. The quantitative estimate of drug-likeness (QED) is 0.709. The Morgan fingerprint density at radius 2 is 1.92 bits per heavy atom. The Balaban J connectivity index is 1.43. The average molecular weight is 345 g/mol. The second kappa shape index (κ2) is 5.61. The molecule has 5 heterocycles. The molecule has 2 aromatic heterocycles. The van der Waals surface area contributed by atoms with E-state index >= 15 is 0 Å². The summed E-state index contributed by atoms with van der Waals surface area (Å²) < 4.78 is 2.56. The van der Waals surface area contributed by atoms with E-state index < -0.39 is 0 Å². The van der Waals surface area contributed by atoms with E-state index in [4.69, 9.17) is 4.98 Å². The first-order valence-corrected chi connectivity index (χ1v) is 9.89. The van der Waals surface area contributed by atoms with Gasteiger partial charge in [0.15, 0.2) is 0 Å². The van der Waals surface area contributed by atoms with Crippen molar-refractivity contribution in [2.75, 3.05) is 13.1 Å². The van der Waals surface area contributed by atoms with Crippen LogP contribution in [0.3, 0.4) is 0 Å². The van der Waals surface area contributed by atoms with Crippen molar-refractivity contribution in [3.8, 4) is 11.3 Å². The molecule has 2 atom stereocenters. The van der Waals surface area contributed by atoms with Crippen LogP contribution in [0, 0.1) is 0 Å². The minimum atomic E-state index is 0.580. The smallest absolute Gasteiger partial charge is 0.114 e. The highest BCUT2D eigenvalue weighted by Crippen LogP contribution is 2.42. The third-order valence-electron chi connectivity index (χ3n) is 6.65. The summed E-state index contributed by atoms with van der Waals surface area (Å²) in [6.07, 6.45) is 12.1. The van der Waals surface area contributed by atoms with Gasteiger partial charge in [-0.15, -0.1) is 0 Å². The minimum absolute atomic E-state index is 0.580. The minimum Gasteiger partial charge on any atom is -0.323 e. The molecule has 2 fully saturated rings. The lowest BCUT2D eigenvalue weighted by Crippen LogP contribution is -2.42. The molecule has 0 N–H and O–H groups in total. The first-order chi connectivity index (χ1) is 12.9. The highest BCUT2D eigenvalue weighted by atomic mass is 15.3. The molecule has 1 saturated heterocycles. The van der Waals surface area contributed by atoms with Crippen molar-refractivity contribution < 1.29 is 0 Å². The summed E-state index contributed by atoms with van der Waals surface area (Å²) >= 11 is 0. The summed E-state index contributed by atoms with van der Waals surface area (Å²) in [6.45, 7) is 2.40. The van der Waals surface area contributed by atoms with E-state index in [0.29, 0.717) is 12.0 Å². The van der Waals surface area contributed by atoms with Crippen molar-refractivity contribution in [1.82, 2.24) is 24.4 Å². The number of aromatic nitrogens is 4. The van der Waals surface area contributed by atoms with E-state index in [-0.39, 0.29) is 0 Å². The van der Waals surface area contributed by atoms with E-state index in [0.717, 1.165) is 22.8 Å². The number of benzene rings is 1. The lowest BCUT2D eigenvalue weighted by Gasteiger charge is -2.37. The topological polar surface area (TPSA) is 46.8 Å². The van der Waals surface area contributed by atoms with Gasteiger partial charge in [-0.3, -0.25) is 14.9 Å². The molecule has 3 aliphatic heterocycles. The fourth-order valence-electron chi connectivity index (χ4n) is 5.07. The zero-order valence-electron chi connectivity index (χ0n) is 14.9. The number of rotatable bonds is 2. The molecule has 5 heteroatoms. The lowest BCUT2D eigenvalue weighted by atomic mass is 9.91. The van der Waals surface area contributed by atoms with Crippen LogP contribution >= 0.6 is 0 Å². The summed E-state index contributed by atoms with van der Waals surface area (Å²) in [4.78, 5) is 16.5. The highest BCUT2D eigenvalue weighted by molar-refractivity contribution is 5.82. The Labute approximate surface area is 153 Å². The van der Waals surface area contributed by atoms with Gasteiger partial charge in [0.25, 0.3) is 0 Å². The van der Waals surface area contributed by atoms with Crippen LogP contribution in [-0.2, 0) is 0 Å². The van der Waals surface area contributed by atoms with Crippen molar-refractivity contribution in [1.29, 1.82) is 0 Å². The van der Waals surface area contributed by atoms with Crippen LogP contribution in [0.1, 0.15) is 49.9 Å².